The molecule has 0 heterocycles. The third-order valence-electron chi connectivity index (χ3n) is 0.675. The molecule has 0 atom stereocenters. The molecule has 0 saturated carbocycles. The molecule has 48 valence electrons. The lowest BCUT2D eigenvalue weighted by molar-refractivity contribution is 0.513. The predicted octanol–water partition coefficient (Wildman–Crippen LogP) is -1.76. The Balaban J connectivity index is 3.72. The van der Waals surface area contributed by atoms with Gasteiger partial charge < -0.3 is 0 Å². The van der Waals surface area contributed by atoms with E-state index in [2.05, 4.69) is 10.4 Å². The predicted molar refractivity (Wildman–Crippen MR) is 32.6 cm³/mol. The zero-order valence-corrected chi connectivity index (χ0v) is 5.05. The second-order valence-corrected chi connectivity index (χ2v) is 1.30. The normalized spacial score (nSPS) is 11.2. The lowest BCUT2D eigenvalue weighted by Crippen LogP contribution is -2.46. The fourth-order valence-electron chi connectivity index (χ4n) is 0.324. The van der Waals surface area contributed by atoms with Crippen LogP contribution in [0, 0.1) is 0 Å². The van der Waals surface area contributed by atoms with Gasteiger partial charge in [-0.2, -0.15) is 0 Å². The maximum Gasteiger partial charge on any atom is 0.222 e. The van der Waals surface area contributed by atoms with Crippen molar-refractivity contribution in [1.29, 1.82) is 0 Å². The van der Waals surface area contributed by atoms with Gasteiger partial charge in [0.25, 0.3) is 0 Å². The summed E-state index contributed by atoms with van der Waals surface area (Å²) in [5.74, 6) is 10.6. The van der Waals surface area contributed by atoms with E-state index in [9.17, 15) is 0 Å². The van der Waals surface area contributed by atoms with E-state index < -0.39 is 0 Å². The average molecular weight is 117 g/mol. The number of hydrazine groups is 2. The van der Waals surface area contributed by atoms with Crippen LogP contribution in [0.25, 0.3) is 0 Å². The van der Waals surface area contributed by atoms with Crippen LogP contribution in [-0.4, -0.2) is 25.1 Å². The van der Waals surface area contributed by atoms with Crippen LogP contribution in [0.5, 0.6) is 0 Å². The first-order chi connectivity index (χ1) is 3.72. The molecule has 0 aliphatic rings. The molecule has 0 amide bonds. The van der Waals surface area contributed by atoms with Crippen LogP contribution in [-0.2, 0) is 0 Å². The fourth-order valence-corrected chi connectivity index (χ4v) is 0.324. The molecule has 5 nitrogen and oxygen atoms in total. The number of rotatable bonds is 0. The molecule has 0 aromatic heterocycles. The maximum atomic E-state index is 5.22. The summed E-state index contributed by atoms with van der Waals surface area (Å²) < 4.78 is 0. The number of hydrogen-bond acceptors (Lipinski definition) is 3. The Bertz CT molecular complexity index is 85.7. The molecule has 0 rings (SSSR count). The Morgan fingerprint density at radius 1 is 1.75 bits per heavy atom. The first kappa shape index (κ1) is 7.19. The molecule has 0 unspecified atom stereocenters. The number of nitrogens with two attached hydrogens (primary N) is 2. The molecule has 0 aromatic rings. The molecule has 8 heavy (non-hydrogen) atoms. The van der Waals surface area contributed by atoms with Gasteiger partial charge in [-0.1, -0.05) is 0 Å². The van der Waals surface area contributed by atoms with Crippen molar-refractivity contribution in [3.05, 3.63) is 0 Å². The highest BCUT2D eigenvalue weighted by Gasteiger charge is 1.92. The molecular weight excluding hydrogens is 106 g/mol. The Morgan fingerprint density at radius 3 is 2.25 bits per heavy atom. The second kappa shape index (κ2) is 3.23. The standard InChI is InChI=1S/C3H11N5/c1-6-3(7-4)8(2)5/h4-5H2,1-2H3,(H,6,7). The van der Waals surface area contributed by atoms with Gasteiger partial charge >= 0.3 is 0 Å². The van der Waals surface area contributed by atoms with Crippen LogP contribution in [0.15, 0.2) is 4.99 Å². The highest BCUT2D eigenvalue weighted by molar-refractivity contribution is 5.78. The number of nitrogens with zero attached hydrogens (tertiary/aromatic N) is 2. The van der Waals surface area contributed by atoms with Crippen LogP contribution in [0.1, 0.15) is 0 Å². The van der Waals surface area contributed by atoms with Gasteiger partial charge in [-0.25, -0.2) is 11.7 Å². The van der Waals surface area contributed by atoms with Gasteiger partial charge in [-0.3, -0.25) is 15.4 Å². The summed E-state index contributed by atoms with van der Waals surface area (Å²) in [7, 11) is 3.24. The Labute approximate surface area is 48.3 Å². The van der Waals surface area contributed by atoms with Gasteiger partial charge in [-0.15, -0.1) is 0 Å². The summed E-state index contributed by atoms with van der Waals surface area (Å²) in [5.41, 5.74) is 2.30. The maximum absolute atomic E-state index is 5.22. The van der Waals surface area contributed by atoms with Crippen LogP contribution >= 0.6 is 0 Å². The Hall–Kier alpha value is -0.810. The zero-order chi connectivity index (χ0) is 6.57. The highest BCUT2D eigenvalue weighted by atomic mass is 15.5. The fraction of sp³-hybridized carbons (Fsp3) is 0.667. The molecule has 0 spiro atoms. The van der Waals surface area contributed by atoms with E-state index in [0.717, 1.165) is 0 Å². The third-order valence-corrected chi connectivity index (χ3v) is 0.675. The van der Waals surface area contributed by atoms with E-state index in [1.165, 1.54) is 5.01 Å². The molecule has 5 heteroatoms. The minimum atomic E-state index is 0.449. The van der Waals surface area contributed by atoms with E-state index in [1.54, 1.807) is 14.1 Å². The van der Waals surface area contributed by atoms with Crippen LogP contribution in [0.2, 0.25) is 0 Å². The summed E-state index contributed by atoms with van der Waals surface area (Å²) in [6.45, 7) is 0. The molecular formula is C3H11N5. The molecule has 0 saturated heterocycles. The Morgan fingerprint density at radius 2 is 2.25 bits per heavy atom. The van der Waals surface area contributed by atoms with Crippen molar-refractivity contribution in [3.8, 4) is 0 Å². The molecule has 0 aromatic carbocycles. The van der Waals surface area contributed by atoms with Gasteiger partial charge in [0, 0.05) is 14.1 Å². The Kier molecular flexibility index (Phi) is 2.90. The molecule has 0 aliphatic carbocycles. The second-order valence-electron chi connectivity index (χ2n) is 1.30. The van der Waals surface area contributed by atoms with E-state index in [1.807, 2.05) is 0 Å². The molecule has 0 radical (unpaired) electrons. The van der Waals surface area contributed by atoms with Crippen molar-refractivity contribution in [2.75, 3.05) is 14.1 Å². The number of hydrogen-bond donors (Lipinski definition) is 3. The van der Waals surface area contributed by atoms with Crippen molar-refractivity contribution in [2.24, 2.45) is 16.7 Å². The molecule has 0 bridgehead atoms. The van der Waals surface area contributed by atoms with Crippen LogP contribution in [0.3, 0.4) is 0 Å². The zero-order valence-electron chi connectivity index (χ0n) is 5.05. The van der Waals surface area contributed by atoms with Gasteiger partial charge in [0.2, 0.25) is 5.96 Å². The summed E-state index contributed by atoms with van der Waals surface area (Å²) in [5, 5.41) is 1.29. The van der Waals surface area contributed by atoms with Crippen molar-refractivity contribution in [2.45, 2.75) is 0 Å². The van der Waals surface area contributed by atoms with Crippen molar-refractivity contribution in [1.82, 2.24) is 10.4 Å². The van der Waals surface area contributed by atoms with Gasteiger partial charge in [0.1, 0.15) is 0 Å². The van der Waals surface area contributed by atoms with Crippen molar-refractivity contribution < 1.29 is 0 Å². The van der Waals surface area contributed by atoms with E-state index >= 15 is 0 Å². The van der Waals surface area contributed by atoms with Crippen LogP contribution in [0.4, 0.5) is 0 Å². The molecule has 0 fully saturated rings. The molecule has 0 aliphatic heterocycles. The van der Waals surface area contributed by atoms with Gasteiger partial charge in [-0.05, 0) is 0 Å². The largest absolute Gasteiger partial charge is 0.293 e. The molecule has 5 N–H and O–H groups in total. The highest BCUT2D eigenvalue weighted by Crippen LogP contribution is 1.67. The number of aliphatic imine (C=N–C) groups is 1. The third kappa shape index (κ3) is 1.76. The summed E-state index contributed by atoms with van der Waals surface area (Å²) in [4.78, 5) is 3.69. The summed E-state index contributed by atoms with van der Waals surface area (Å²) >= 11 is 0. The average Bonchev–Trinajstić information content (AvgIpc) is 1.69. The summed E-state index contributed by atoms with van der Waals surface area (Å²) in [6, 6.07) is 0. The quantitative estimate of drug-likeness (QED) is 0.152. The smallest absolute Gasteiger partial charge is 0.222 e. The van der Waals surface area contributed by atoms with Crippen molar-refractivity contribution >= 4 is 5.96 Å². The van der Waals surface area contributed by atoms with Crippen LogP contribution < -0.4 is 17.1 Å². The van der Waals surface area contributed by atoms with E-state index in [-0.39, 0.29) is 0 Å². The van der Waals surface area contributed by atoms with Crippen molar-refractivity contribution in [3.63, 3.8) is 0 Å². The van der Waals surface area contributed by atoms with Gasteiger partial charge in [0.05, 0.1) is 0 Å². The lowest BCUT2D eigenvalue weighted by atomic mass is 10.9. The van der Waals surface area contributed by atoms with E-state index in [0.29, 0.717) is 5.96 Å². The lowest BCUT2D eigenvalue weighted by Gasteiger charge is -2.11. The number of guanidine groups is 1. The number of nitrogens with one attached hydrogen (secondary N) is 1. The topological polar surface area (TPSA) is 79.7 Å². The monoisotopic (exact) mass is 117 g/mol. The minimum Gasteiger partial charge on any atom is -0.293 e. The SMILES string of the molecule is CN=C(NN)N(C)N. The minimum absolute atomic E-state index is 0.449. The van der Waals surface area contributed by atoms with Gasteiger partial charge in [0.15, 0.2) is 0 Å². The van der Waals surface area contributed by atoms with E-state index in [4.69, 9.17) is 11.7 Å². The summed E-state index contributed by atoms with van der Waals surface area (Å²) in [6.07, 6.45) is 0. The first-order valence-electron chi connectivity index (χ1n) is 2.14. The first-order valence-corrected chi connectivity index (χ1v) is 2.14.